The van der Waals surface area contributed by atoms with E-state index in [0.717, 1.165) is 6.42 Å². The second-order valence-electron chi connectivity index (χ2n) is 5.98. The average Bonchev–Trinajstić information content (AvgIpc) is 2.36. The Hall–Kier alpha value is -1.10. The molecule has 3 N–H and O–H groups in total. The lowest BCUT2D eigenvalue weighted by Gasteiger charge is -2.31. The molecule has 1 unspecified atom stereocenters. The molecule has 0 aromatic heterocycles. The van der Waals surface area contributed by atoms with Crippen LogP contribution >= 0.6 is 0 Å². The summed E-state index contributed by atoms with van der Waals surface area (Å²) in [6, 6.07) is 0. The Bertz CT molecular complexity index is 314. The van der Waals surface area contributed by atoms with Crippen LogP contribution in [0.4, 0.5) is 0 Å². The van der Waals surface area contributed by atoms with Gasteiger partial charge in [0.25, 0.3) is 0 Å². The molecule has 5 nitrogen and oxygen atoms in total. The highest BCUT2D eigenvalue weighted by Crippen LogP contribution is 2.15. The fraction of sp³-hybridized carbons (Fsp3) is 0.867. The third-order valence-electron chi connectivity index (χ3n) is 3.43. The largest absolute Gasteiger partial charge is 0.350 e. The van der Waals surface area contributed by atoms with Crippen molar-refractivity contribution < 1.29 is 9.59 Å². The van der Waals surface area contributed by atoms with E-state index >= 15 is 0 Å². The van der Waals surface area contributed by atoms with Gasteiger partial charge in [-0.05, 0) is 33.1 Å². The number of hydrogen-bond donors (Lipinski definition) is 2. The van der Waals surface area contributed by atoms with Crippen molar-refractivity contribution >= 4 is 11.8 Å². The van der Waals surface area contributed by atoms with Crippen LogP contribution in [0.15, 0.2) is 0 Å². The number of hydrogen-bond acceptors (Lipinski definition) is 3. The van der Waals surface area contributed by atoms with Crippen molar-refractivity contribution in [3.05, 3.63) is 0 Å². The molecule has 20 heavy (non-hydrogen) atoms. The van der Waals surface area contributed by atoms with Crippen LogP contribution in [0.2, 0.25) is 0 Å². The number of nitrogens with two attached hydrogens (primary N) is 1. The molecule has 0 rings (SSSR count). The first-order valence-corrected chi connectivity index (χ1v) is 7.56. The van der Waals surface area contributed by atoms with Gasteiger partial charge in [-0.1, -0.05) is 13.8 Å². The Balaban J connectivity index is 4.31. The van der Waals surface area contributed by atoms with Crippen LogP contribution < -0.4 is 11.1 Å². The number of nitrogens with zero attached hydrogens (tertiary/aromatic N) is 1. The highest BCUT2D eigenvalue weighted by Gasteiger charge is 2.26. The molecule has 0 aliphatic rings. The molecule has 0 fully saturated rings. The van der Waals surface area contributed by atoms with E-state index in [1.807, 2.05) is 20.8 Å². The van der Waals surface area contributed by atoms with E-state index in [9.17, 15) is 9.59 Å². The zero-order chi connectivity index (χ0) is 15.8. The molecule has 1 atom stereocenters. The molecular weight excluding hydrogens is 254 g/mol. The standard InChI is InChI=1S/C15H31N3O2/c1-6-18(7-2)14(20)9-8-13(19)17-15(5,11-16)10-12(3)4/h12H,6-11,16H2,1-5H3,(H,17,19). The molecule has 2 amide bonds. The van der Waals surface area contributed by atoms with E-state index in [2.05, 4.69) is 19.2 Å². The Morgan fingerprint density at radius 3 is 2.15 bits per heavy atom. The Morgan fingerprint density at radius 2 is 1.75 bits per heavy atom. The summed E-state index contributed by atoms with van der Waals surface area (Å²) in [7, 11) is 0. The van der Waals surface area contributed by atoms with Crippen molar-refractivity contribution in [1.29, 1.82) is 0 Å². The Labute approximate surface area is 123 Å². The summed E-state index contributed by atoms with van der Waals surface area (Å²) in [5.41, 5.74) is 5.38. The highest BCUT2D eigenvalue weighted by atomic mass is 16.2. The van der Waals surface area contributed by atoms with Crippen LogP contribution in [-0.2, 0) is 9.59 Å². The minimum absolute atomic E-state index is 0.0310. The van der Waals surface area contributed by atoms with Gasteiger partial charge in [0.2, 0.25) is 11.8 Å². The SMILES string of the molecule is CCN(CC)C(=O)CCC(=O)NC(C)(CN)CC(C)C. The molecule has 0 heterocycles. The number of carbonyl (C=O) groups is 2. The predicted octanol–water partition coefficient (Wildman–Crippen LogP) is 1.51. The molecule has 5 heteroatoms. The van der Waals surface area contributed by atoms with E-state index in [4.69, 9.17) is 5.73 Å². The van der Waals surface area contributed by atoms with Crippen LogP contribution in [0.25, 0.3) is 0 Å². The first-order chi connectivity index (χ1) is 9.27. The van der Waals surface area contributed by atoms with E-state index < -0.39 is 0 Å². The van der Waals surface area contributed by atoms with Crippen molar-refractivity contribution in [2.45, 2.75) is 59.4 Å². The third kappa shape index (κ3) is 6.89. The number of rotatable bonds is 9. The van der Waals surface area contributed by atoms with Crippen molar-refractivity contribution in [3.8, 4) is 0 Å². The highest BCUT2D eigenvalue weighted by molar-refractivity contribution is 5.84. The molecule has 0 spiro atoms. The Kier molecular flexibility index (Phi) is 8.46. The first kappa shape index (κ1) is 18.9. The van der Waals surface area contributed by atoms with Gasteiger partial charge in [-0.2, -0.15) is 0 Å². The minimum atomic E-state index is -0.385. The maximum atomic E-state index is 12.0. The monoisotopic (exact) mass is 285 g/mol. The summed E-state index contributed by atoms with van der Waals surface area (Å²) in [6.07, 6.45) is 1.32. The molecule has 0 aliphatic carbocycles. The predicted molar refractivity (Wildman–Crippen MR) is 82.2 cm³/mol. The van der Waals surface area contributed by atoms with Crippen molar-refractivity contribution in [2.75, 3.05) is 19.6 Å². The summed E-state index contributed by atoms with van der Waals surface area (Å²) < 4.78 is 0. The second kappa shape index (κ2) is 8.95. The van der Waals surface area contributed by atoms with E-state index in [0.29, 0.717) is 25.6 Å². The van der Waals surface area contributed by atoms with Gasteiger partial charge in [-0.25, -0.2) is 0 Å². The van der Waals surface area contributed by atoms with Gasteiger partial charge in [0.1, 0.15) is 0 Å². The van der Waals surface area contributed by atoms with Gasteiger partial charge in [0.05, 0.1) is 0 Å². The van der Waals surface area contributed by atoms with Gasteiger partial charge < -0.3 is 16.0 Å². The van der Waals surface area contributed by atoms with Crippen LogP contribution in [0.1, 0.15) is 53.9 Å². The van der Waals surface area contributed by atoms with Gasteiger partial charge in [-0.3, -0.25) is 9.59 Å². The van der Waals surface area contributed by atoms with E-state index in [1.54, 1.807) is 4.90 Å². The molecule has 0 aromatic rings. The van der Waals surface area contributed by atoms with Gasteiger partial charge in [-0.15, -0.1) is 0 Å². The molecule has 0 bridgehead atoms. The number of nitrogens with one attached hydrogen (secondary N) is 1. The van der Waals surface area contributed by atoms with Crippen LogP contribution in [0.5, 0.6) is 0 Å². The zero-order valence-corrected chi connectivity index (χ0v) is 13.7. The van der Waals surface area contributed by atoms with E-state index in [1.165, 1.54) is 0 Å². The quantitative estimate of drug-likeness (QED) is 0.674. The summed E-state index contributed by atoms with van der Waals surface area (Å²) in [5.74, 6) is 0.392. The molecule has 0 radical (unpaired) electrons. The van der Waals surface area contributed by atoms with Crippen molar-refractivity contribution in [1.82, 2.24) is 10.2 Å². The average molecular weight is 285 g/mol. The maximum absolute atomic E-state index is 12.0. The molecule has 0 saturated carbocycles. The third-order valence-corrected chi connectivity index (χ3v) is 3.43. The number of carbonyl (C=O) groups excluding carboxylic acids is 2. The molecule has 0 aliphatic heterocycles. The second-order valence-corrected chi connectivity index (χ2v) is 5.98. The van der Waals surface area contributed by atoms with Gasteiger partial charge in [0.15, 0.2) is 0 Å². The van der Waals surface area contributed by atoms with Gasteiger partial charge in [0, 0.05) is 38.0 Å². The summed E-state index contributed by atoms with van der Waals surface area (Å²) in [4.78, 5) is 25.5. The minimum Gasteiger partial charge on any atom is -0.350 e. The lowest BCUT2D eigenvalue weighted by Crippen LogP contribution is -2.52. The van der Waals surface area contributed by atoms with Crippen LogP contribution in [-0.4, -0.2) is 41.9 Å². The summed E-state index contributed by atoms with van der Waals surface area (Å²) in [6.45, 7) is 11.8. The molecule has 0 saturated heterocycles. The molecular formula is C15H31N3O2. The molecule has 118 valence electrons. The fourth-order valence-electron chi connectivity index (χ4n) is 2.44. The van der Waals surface area contributed by atoms with E-state index in [-0.39, 0.29) is 30.2 Å². The summed E-state index contributed by atoms with van der Waals surface area (Å²) in [5, 5.41) is 2.97. The lowest BCUT2D eigenvalue weighted by molar-refractivity contribution is -0.133. The summed E-state index contributed by atoms with van der Waals surface area (Å²) >= 11 is 0. The molecule has 0 aromatic carbocycles. The van der Waals surface area contributed by atoms with Crippen molar-refractivity contribution in [3.63, 3.8) is 0 Å². The topological polar surface area (TPSA) is 75.4 Å². The normalized spacial score (nSPS) is 13.9. The van der Waals surface area contributed by atoms with Crippen molar-refractivity contribution in [2.24, 2.45) is 11.7 Å². The fourth-order valence-corrected chi connectivity index (χ4v) is 2.44. The maximum Gasteiger partial charge on any atom is 0.223 e. The van der Waals surface area contributed by atoms with Crippen LogP contribution in [0, 0.1) is 5.92 Å². The first-order valence-electron chi connectivity index (χ1n) is 7.56. The Morgan fingerprint density at radius 1 is 1.20 bits per heavy atom. The van der Waals surface area contributed by atoms with Crippen LogP contribution in [0.3, 0.4) is 0 Å². The smallest absolute Gasteiger partial charge is 0.223 e. The lowest BCUT2D eigenvalue weighted by atomic mass is 9.90. The van der Waals surface area contributed by atoms with Gasteiger partial charge >= 0.3 is 0 Å². The zero-order valence-electron chi connectivity index (χ0n) is 13.7. The number of amides is 2.